The van der Waals surface area contributed by atoms with Crippen molar-refractivity contribution in [1.82, 2.24) is 31.3 Å². The van der Waals surface area contributed by atoms with Crippen molar-refractivity contribution in [3.05, 3.63) is 0 Å². The van der Waals surface area contributed by atoms with Crippen LogP contribution in [0.5, 0.6) is 0 Å². The van der Waals surface area contributed by atoms with E-state index in [9.17, 15) is 9.59 Å². The normalized spacial score (nSPS) is 41.4. The molecule has 3 heterocycles. The standard InChI is InChI=1S/C26H48N6O2/c1-15(2)32-24-22(14-28-32)20(12-23(30-24)18-7-9-19(10-8-18)31(5)6)25(33)27-13-21-16(3)11-17(4)29-26(21)34/h15-24,28,30H,7-14H2,1-6H3,(H,27,33)(H,29,34). The van der Waals surface area contributed by atoms with E-state index in [1.54, 1.807) is 0 Å². The molecule has 0 aromatic heterocycles. The largest absolute Gasteiger partial charge is 0.355 e. The lowest BCUT2D eigenvalue weighted by Gasteiger charge is -2.46. The third-order valence-electron chi connectivity index (χ3n) is 9.19. The Balaban J connectivity index is 1.43. The summed E-state index contributed by atoms with van der Waals surface area (Å²) in [5.41, 5.74) is 3.57. The van der Waals surface area contributed by atoms with Crippen LogP contribution in [0.4, 0.5) is 0 Å². The molecule has 1 saturated carbocycles. The van der Waals surface area contributed by atoms with Gasteiger partial charge in [0.15, 0.2) is 0 Å². The summed E-state index contributed by atoms with van der Waals surface area (Å²) in [4.78, 5) is 28.5. The first-order chi connectivity index (χ1) is 16.2. The third kappa shape index (κ3) is 5.45. The van der Waals surface area contributed by atoms with Crippen LogP contribution in [0.15, 0.2) is 0 Å². The molecule has 4 rings (SSSR count). The SMILES string of the molecule is CC1CC(C)C(CNC(=O)C2CC(C3CCC(N(C)C)CC3)NC3C2CNN3C(C)C)C(=O)N1. The molecule has 0 bridgehead atoms. The molecule has 0 aromatic carbocycles. The van der Waals surface area contributed by atoms with E-state index in [2.05, 4.69) is 73.1 Å². The second kappa shape index (κ2) is 10.8. The summed E-state index contributed by atoms with van der Waals surface area (Å²) in [7, 11) is 4.38. The van der Waals surface area contributed by atoms with Crippen molar-refractivity contribution in [3.63, 3.8) is 0 Å². The van der Waals surface area contributed by atoms with Gasteiger partial charge in [0.2, 0.25) is 11.8 Å². The number of hydrogen-bond acceptors (Lipinski definition) is 6. The van der Waals surface area contributed by atoms with Crippen molar-refractivity contribution >= 4 is 11.8 Å². The molecule has 8 heteroatoms. The molecule has 194 valence electrons. The third-order valence-corrected chi connectivity index (χ3v) is 9.19. The summed E-state index contributed by atoms with van der Waals surface area (Å²) in [5.74, 6) is 1.20. The van der Waals surface area contributed by atoms with Crippen molar-refractivity contribution in [1.29, 1.82) is 0 Å². The maximum atomic E-state index is 13.6. The Labute approximate surface area is 206 Å². The van der Waals surface area contributed by atoms with E-state index in [0.29, 0.717) is 30.6 Å². The van der Waals surface area contributed by atoms with Gasteiger partial charge < -0.3 is 15.5 Å². The number of rotatable bonds is 6. The van der Waals surface area contributed by atoms with Crippen LogP contribution in [0.1, 0.15) is 66.2 Å². The summed E-state index contributed by atoms with van der Waals surface area (Å²) in [6, 6.07) is 1.62. The van der Waals surface area contributed by atoms with Crippen molar-refractivity contribution in [2.45, 2.75) is 96.6 Å². The lowest BCUT2D eigenvalue weighted by atomic mass is 9.72. The first-order valence-electron chi connectivity index (χ1n) is 13.7. The van der Waals surface area contributed by atoms with Crippen LogP contribution in [-0.2, 0) is 9.59 Å². The first-order valence-corrected chi connectivity index (χ1v) is 13.7. The number of nitrogens with zero attached hydrogens (tertiary/aromatic N) is 2. The Bertz CT molecular complexity index is 722. The Hall–Kier alpha value is -1.22. The van der Waals surface area contributed by atoms with Crippen LogP contribution in [0.25, 0.3) is 0 Å². The van der Waals surface area contributed by atoms with E-state index in [4.69, 9.17) is 0 Å². The Morgan fingerprint density at radius 2 is 1.85 bits per heavy atom. The van der Waals surface area contributed by atoms with Crippen molar-refractivity contribution in [3.8, 4) is 0 Å². The minimum Gasteiger partial charge on any atom is -0.355 e. The predicted molar refractivity (Wildman–Crippen MR) is 135 cm³/mol. The first kappa shape index (κ1) is 25.9. The van der Waals surface area contributed by atoms with Gasteiger partial charge in [0.25, 0.3) is 0 Å². The van der Waals surface area contributed by atoms with E-state index in [1.807, 2.05) is 0 Å². The molecule has 0 aromatic rings. The van der Waals surface area contributed by atoms with Gasteiger partial charge in [0, 0.05) is 49.1 Å². The van der Waals surface area contributed by atoms with Crippen molar-refractivity contribution < 1.29 is 9.59 Å². The highest BCUT2D eigenvalue weighted by Gasteiger charge is 2.49. The molecular formula is C26H48N6O2. The van der Waals surface area contributed by atoms with Crippen LogP contribution in [0, 0.1) is 29.6 Å². The minimum atomic E-state index is -0.136. The topological polar surface area (TPSA) is 88.7 Å². The molecule has 2 amide bonds. The average molecular weight is 477 g/mol. The molecule has 7 atom stereocenters. The smallest absolute Gasteiger partial charge is 0.225 e. The number of piperidine rings is 2. The molecule has 3 aliphatic heterocycles. The Morgan fingerprint density at radius 3 is 2.47 bits per heavy atom. The molecule has 4 aliphatic rings. The average Bonchev–Trinajstić information content (AvgIpc) is 3.22. The highest BCUT2D eigenvalue weighted by atomic mass is 16.2. The molecule has 34 heavy (non-hydrogen) atoms. The maximum Gasteiger partial charge on any atom is 0.225 e. The van der Waals surface area contributed by atoms with Gasteiger partial charge in [0.1, 0.15) is 0 Å². The zero-order valence-corrected chi connectivity index (χ0v) is 22.1. The molecule has 8 nitrogen and oxygen atoms in total. The second-order valence-corrected chi connectivity index (χ2v) is 12.1. The molecular weight excluding hydrogens is 428 g/mol. The summed E-state index contributed by atoms with van der Waals surface area (Å²) >= 11 is 0. The quantitative estimate of drug-likeness (QED) is 0.465. The van der Waals surface area contributed by atoms with E-state index in [0.717, 1.165) is 19.4 Å². The van der Waals surface area contributed by atoms with Crippen LogP contribution in [0.2, 0.25) is 0 Å². The number of amides is 2. The lowest BCUT2D eigenvalue weighted by molar-refractivity contribution is -0.132. The molecule has 4 fully saturated rings. The van der Waals surface area contributed by atoms with Crippen molar-refractivity contribution in [2.75, 3.05) is 27.2 Å². The fraction of sp³-hybridized carbons (Fsp3) is 0.923. The summed E-state index contributed by atoms with van der Waals surface area (Å²) in [5, 5.41) is 12.6. The van der Waals surface area contributed by atoms with E-state index < -0.39 is 0 Å². The van der Waals surface area contributed by atoms with Gasteiger partial charge in [-0.15, -0.1) is 0 Å². The number of carbonyl (C=O) groups excluding carboxylic acids is 2. The fourth-order valence-corrected chi connectivity index (χ4v) is 7.11. The maximum absolute atomic E-state index is 13.6. The lowest BCUT2D eigenvalue weighted by Crippen LogP contribution is -2.62. The molecule has 0 radical (unpaired) electrons. The zero-order valence-electron chi connectivity index (χ0n) is 22.1. The van der Waals surface area contributed by atoms with Gasteiger partial charge in [-0.05, 0) is 85.2 Å². The minimum absolute atomic E-state index is 0.0278. The van der Waals surface area contributed by atoms with Gasteiger partial charge in [-0.1, -0.05) is 6.92 Å². The second-order valence-electron chi connectivity index (χ2n) is 12.1. The number of nitrogens with one attached hydrogen (secondary N) is 4. The van der Waals surface area contributed by atoms with Crippen LogP contribution < -0.4 is 21.4 Å². The predicted octanol–water partition coefficient (Wildman–Crippen LogP) is 1.53. The van der Waals surface area contributed by atoms with Gasteiger partial charge in [-0.3, -0.25) is 20.3 Å². The fourth-order valence-electron chi connectivity index (χ4n) is 7.11. The number of carbonyl (C=O) groups is 2. The highest BCUT2D eigenvalue weighted by molar-refractivity contribution is 5.83. The van der Waals surface area contributed by atoms with Gasteiger partial charge in [-0.25, -0.2) is 5.01 Å². The van der Waals surface area contributed by atoms with Crippen LogP contribution in [-0.4, -0.2) is 79.2 Å². The summed E-state index contributed by atoms with van der Waals surface area (Å²) < 4.78 is 0. The summed E-state index contributed by atoms with van der Waals surface area (Å²) in [6.45, 7) is 9.88. The van der Waals surface area contributed by atoms with Gasteiger partial charge in [0.05, 0.1) is 12.1 Å². The number of hydrogen-bond donors (Lipinski definition) is 4. The zero-order chi connectivity index (χ0) is 24.6. The molecule has 3 saturated heterocycles. The van der Waals surface area contributed by atoms with Gasteiger partial charge in [-0.2, -0.15) is 0 Å². The molecule has 4 N–H and O–H groups in total. The molecule has 7 unspecified atom stereocenters. The summed E-state index contributed by atoms with van der Waals surface area (Å²) in [6.07, 6.45) is 6.95. The monoisotopic (exact) mass is 476 g/mol. The Morgan fingerprint density at radius 1 is 1.15 bits per heavy atom. The van der Waals surface area contributed by atoms with E-state index >= 15 is 0 Å². The van der Waals surface area contributed by atoms with Crippen LogP contribution >= 0.6 is 0 Å². The van der Waals surface area contributed by atoms with Gasteiger partial charge >= 0.3 is 0 Å². The molecule has 1 aliphatic carbocycles. The van der Waals surface area contributed by atoms with Crippen molar-refractivity contribution in [2.24, 2.45) is 29.6 Å². The van der Waals surface area contributed by atoms with Crippen LogP contribution in [0.3, 0.4) is 0 Å². The molecule has 0 spiro atoms. The Kier molecular flexibility index (Phi) is 8.22. The number of fused-ring (bicyclic) bond motifs is 1. The number of hydrazine groups is 1. The van der Waals surface area contributed by atoms with E-state index in [-0.39, 0.29) is 47.7 Å². The highest BCUT2D eigenvalue weighted by Crippen LogP contribution is 2.38. The van der Waals surface area contributed by atoms with E-state index in [1.165, 1.54) is 25.7 Å².